The highest BCUT2D eigenvalue weighted by molar-refractivity contribution is 7.80. The van der Waals surface area contributed by atoms with Gasteiger partial charge in [0.05, 0.1) is 18.9 Å². The summed E-state index contributed by atoms with van der Waals surface area (Å²) in [5.74, 6) is -2.96. The van der Waals surface area contributed by atoms with Crippen LogP contribution in [0.5, 0.6) is 0 Å². The van der Waals surface area contributed by atoms with Crippen LogP contribution in [-0.2, 0) is 9.53 Å². The zero-order valence-electron chi connectivity index (χ0n) is 16.4. The third-order valence-electron chi connectivity index (χ3n) is 4.80. The number of aliphatic carboxylic acids is 1. The molecule has 0 aromatic heterocycles. The van der Waals surface area contributed by atoms with E-state index in [1.54, 1.807) is 0 Å². The molecule has 0 aromatic carbocycles. The number of nitrogens with zero attached hydrogens (tertiary/aromatic N) is 4. The number of carboxylic acids is 1. The molecule has 0 aromatic rings. The summed E-state index contributed by atoms with van der Waals surface area (Å²) >= 11 is 5.20. The lowest BCUT2D eigenvalue weighted by atomic mass is 10.1. The quantitative estimate of drug-likeness (QED) is 0.198. The number of carbonyl (C=O) groups is 2. The first-order valence-corrected chi connectivity index (χ1v) is 9.57. The van der Waals surface area contributed by atoms with Crippen molar-refractivity contribution in [3.63, 3.8) is 0 Å². The Kier molecular flexibility index (Phi) is 6.35. The SMILES string of the molecule is C[C@@H](O)[C@H](NC(=O)NC1(C)N=CC2=NC(=S)N([C@@H]3O[C@H](CO)[C@@H](O)[C@H]3O)C2=N1)C(=O)O. The molecule has 15 heteroatoms. The van der Waals surface area contributed by atoms with Crippen molar-refractivity contribution >= 4 is 47.1 Å². The Morgan fingerprint density at radius 3 is 2.61 bits per heavy atom. The normalized spacial score (nSPS) is 34.0. The Morgan fingerprint density at radius 1 is 1.39 bits per heavy atom. The van der Waals surface area contributed by atoms with Gasteiger partial charge in [-0.2, -0.15) is 0 Å². The van der Waals surface area contributed by atoms with Gasteiger partial charge in [-0.25, -0.2) is 24.6 Å². The Hall–Kier alpha value is -2.56. The highest BCUT2D eigenvalue weighted by Gasteiger charge is 2.50. The molecule has 1 saturated heterocycles. The number of carbonyl (C=O) groups excluding carboxylic acids is 1. The molecule has 7 N–H and O–H groups in total. The molecule has 31 heavy (non-hydrogen) atoms. The highest BCUT2D eigenvalue weighted by atomic mass is 32.1. The monoisotopic (exact) mass is 458 g/mol. The van der Waals surface area contributed by atoms with E-state index in [4.69, 9.17) is 22.1 Å². The molecule has 2 amide bonds. The van der Waals surface area contributed by atoms with Gasteiger partial charge in [-0.15, -0.1) is 0 Å². The smallest absolute Gasteiger partial charge is 0.328 e. The molecule has 3 aliphatic heterocycles. The molecule has 0 bridgehead atoms. The average Bonchev–Trinajstić information content (AvgIpc) is 3.14. The highest BCUT2D eigenvalue weighted by Crippen LogP contribution is 2.29. The van der Waals surface area contributed by atoms with Crippen LogP contribution >= 0.6 is 12.2 Å². The summed E-state index contributed by atoms with van der Waals surface area (Å²) in [5.41, 5.74) is 0.217. The van der Waals surface area contributed by atoms with Gasteiger partial charge in [0.2, 0.25) is 10.9 Å². The van der Waals surface area contributed by atoms with Gasteiger partial charge in [0.25, 0.3) is 0 Å². The third kappa shape index (κ3) is 4.41. The standard InChI is InChI=1S/C16H22N6O8S/c1-5(24)8(13(27)28)19-14(29)21-16(2)17-3-6-11(20-16)22(15(31)18-6)12-10(26)9(25)7(4-23)30-12/h3,5,7-10,12,23-26H,4H2,1-2H3,(H,27,28)(H2,19,21,29)/t5-,7-,8+,9-,10-,12-,16?/m1/s1. The number of carboxylic acid groups (broad SMARTS) is 1. The second-order valence-electron chi connectivity index (χ2n) is 7.25. The van der Waals surface area contributed by atoms with Gasteiger partial charge < -0.3 is 35.6 Å². The summed E-state index contributed by atoms with van der Waals surface area (Å²) in [4.78, 5) is 37.2. The van der Waals surface area contributed by atoms with Crippen LogP contribution in [0.1, 0.15) is 13.8 Å². The largest absolute Gasteiger partial charge is 0.480 e. The van der Waals surface area contributed by atoms with Crippen molar-refractivity contribution in [2.75, 3.05) is 6.61 Å². The molecule has 1 unspecified atom stereocenters. The minimum atomic E-state index is -1.61. The lowest BCUT2D eigenvalue weighted by Crippen LogP contribution is -2.57. The van der Waals surface area contributed by atoms with Crippen LogP contribution in [0.3, 0.4) is 0 Å². The molecular weight excluding hydrogens is 436 g/mol. The van der Waals surface area contributed by atoms with Crippen molar-refractivity contribution in [1.82, 2.24) is 15.5 Å². The van der Waals surface area contributed by atoms with Crippen molar-refractivity contribution < 1.29 is 39.9 Å². The van der Waals surface area contributed by atoms with Crippen LogP contribution in [0.2, 0.25) is 0 Å². The summed E-state index contributed by atoms with van der Waals surface area (Å²) in [6.45, 7) is 2.08. The van der Waals surface area contributed by atoms with Gasteiger partial charge in [0, 0.05) is 6.92 Å². The number of hydrogen-bond acceptors (Lipinski definition) is 10. The van der Waals surface area contributed by atoms with Crippen LogP contribution in [-0.4, -0.2) is 114 Å². The first-order valence-electron chi connectivity index (χ1n) is 9.16. The number of amidine groups is 1. The van der Waals surface area contributed by atoms with Crippen LogP contribution in [0, 0.1) is 0 Å². The number of nitrogens with one attached hydrogen (secondary N) is 2. The second-order valence-corrected chi connectivity index (χ2v) is 7.61. The Morgan fingerprint density at radius 2 is 2.06 bits per heavy atom. The number of rotatable bonds is 6. The molecule has 7 atom stereocenters. The zero-order valence-corrected chi connectivity index (χ0v) is 17.2. The van der Waals surface area contributed by atoms with Crippen molar-refractivity contribution in [1.29, 1.82) is 0 Å². The Bertz CT molecular complexity index is 878. The molecular formula is C16H22N6O8S. The maximum absolute atomic E-state index is 12.3. The molecule has 0 aliphatic carbocycles. The summed E-state index contributed by atoms with van der Waals surface area (Å²) in [6, 6.07) is -2.52. The van der Waals surface area contributed by atoms with E-state index in [-0.39, 0.29) is 16.7 Å². The molecule has 3 aliphatic rings. The van der Waals surface area contributed by atoms with Crippen molar-refractivity contribution in [3.8, 4) is 0 Å². The van der Waals surface area contributed by atoms with Gasteiger partial charge in [-0.3, -0.25) is 10.2 Å². The summed E-state index contributed by atoms with van der Waals surface area (Å²) in [5, 5.41) is 52.7. The molecule has 14 nitrogen and oxygen atoms in total. The maximum atomic E-state index is 12.3. The van der Waals surface area contributed by atoms with E-state index in [9.17, 15) is 30.0 Å². The van der Waals surface area contributed by atoms with E-state index in [0.29, 0.717) is 0 Å². The predicted molar refractivity (Wildman–Crippen MR) is 109 cm³/mol. The van der Waals surface area contributed by atoms with Gasteiger partial charge in [-0.1, -0.05) is 0 Å². The number of aliphatic imine (C=N–C) groups is 3. The molecule has 3 rings (SSSR count). The number of amides is 2. The molecule has 0 radical (unpaired) electrons. The molecule has 3 heterocycles. The lowest BCUT2D eigenvalue weighted by Gasteiger charge is -2.32. The Balaban J connectivity index is 1.81. The average molecular weight is 458 g/mol. The molecule has 0 spiro atoms. The summed E-state index contributed by atoms with van der Waals surface area (Å²) < 4.78 is 5.49. The fourth-order valence-corrected chi connectivity index (χ4v) is 3.49. The summed E-state index contributed by atoms with van der Waals surface area (Å²) in [6.07, 6.45) is -5.13. The first-order chi connectivity index (χ1) is 14.5. The minimum absolute atomic E-state index is 0.0382. The van der Waals surface area contributed by atoms with Crippen LogP contribution < -0.4 is 10.6 Å². The third-order valence-corrected chi connectivity index (χ3v) is 5.09. The van der Waals surface area contributed by atoms with Gasteiger partial charge >= 0.3 is 12.0 Å². The van der Waals surface area contributed by atoms with E-state index in [0.717, 1.165) is 0 Å². The van der Waals surface area contributed by atoms with E-state index in [2.05, 4.69) is 25.6 Å². The van der Waals surface area contributed by atoms with E-state index < -0.39 is 61.1 Å². The van der Waals surface area contributed by atoms with Crippen LogP contribution in [0.25, 0.3) is 0 Å². The number of aliphatic hydroxyl groups excluding tert-OH is 4. The van der Waals surface area contributed by atoms with Crippen molar-refractivity contribution in [2.45, 2.75) is 56.3 Å². The second kappa shape index (κ2) is 8.52. The van der Waals surface area contributed by atoms with E-state index in [1.807, 2.05) is 0 Å². The predicted octanol–water partition coefficient (Wildman–Crippen LogP) is -3.24. The fraction of sp³-hybridized carbons (Fsp3) is 0.625. The molecule has 0 saturated carbocycles. The van der Waals surface area contributed by atoms with Gasteiger partial charge in [0.15, 0.2) is 18.1 Å². The topological polar surface area (TPSA) is 209 Å². The van der Waals surface area contributed by atoms with Gasteiger partial charge in [0.1, 0.15) is 24.0 Å². The molecule has 170 valence electrons. The number of thiocarbonyl (C=S) groups is 1. The number of urea groups is 1. The minimum Gasteiger partial charge on any atom is -0.480 e. The number of ether oxygens (including phenoxy) is 1. The zero-order chi connectivity index (χ0) is 23.1. The number of hydrogen-bond donors (Lipinski definition) is 7. The first kappa shape index (κ1) is 23.1. The number of fused-ring (bicyclic) bond motifs is 1. The van der Waals surface area contributed by atoms with Crippen LogP contribution in [0.15, 0.2) is 15.0 Å². The maximum Gasteiger partial charge on any atom is 0.328 e. The van der Waals surface area contributed by atoms with Gasteiger partial charge in [-0.05, 0) is 19.1 Å². The fourth-order valence-electron chi connectivity index (χ4n) is 3.20. The van der Waals surface area contributed by atoms with Crippen molar-refractivity contribution in [2.24, 2.45) is 15.0 Å². The Labute approximate surface area is 181 Å². The lowest BCUT2D eigenvalue weighted by molar-refractivity contribution is -0.141. The van der Waals surface area contributed by atoms with Crippen LogP contribution in [0.4, 0.5) is 4.79 Å². The number of aliphatic hydroxyl groups is 4. The van der Waals surface area contributed by atoms with Crippen molar-refractivity contribution in [3.05, 3.63) is 0 Å². The van der Waals surface area contributed by atoms with E-state index >= 15 is 0 Å². The van der Waals surface area contributed by atoms with E-state index in [1.165, 1.54) is 25.0 Å². The molecule has 1 fully saturated rings. The summed E-state index contributed by atoms with van der Waals surface area (Å²) in [7, 11) is 0.